The van der Waals surface area contributed by atoms with Crippen LogP contribution in [0.4, 0.5) is 0 Å². The molecule has 4 heteroatoms. The summed E-state index contributed by atoms with van der Waals surface area (Å²) < 4.78 is 8.73. The van der Waals surface area contributed by atoms with Gasteiger partial charge in [-0.2, -0.15) is 0 Å². The van der Waals surface area contributed by atoms with E-state index in [1.54, 1.807) is 0 Å². The largest absolute Gasteiger partial charge is 0.452 e. The highest BCUT2D eigenvalue weighted by molar-refractivity contribution is 6.12. The highest BCUT2D eigenvalue weighted by Gasteiger charge is 2.19. The average molecular weight is 716 g/mol. The predicted octanol–water partition coefficient (Wildman–Crippen LogP) is 13.8. The summed E-state index contributed by atoms with van der Waals surface area (Å²) in [4.78, 5) is 10.2. The Bertz CT molecular complexity index is 3240. The lowest BCUT2D eigenvalue weighted by Gasteiger charge is -2.10. The van der Waals surface area contributed by atoms with Gasteiger partial charge in [0.25, 0.3) is 0 Å². The maximum absolute atomic E-state index is 6.35. The van der Waals surface area contributed by atoms with Gasteiger partial charge in [0.15, 0.2) is 11.4 Å². The molecule has 0 aliphatic heterocycles. The average Bonchev–Trinajstić information content (AvgIpc) is 3.82. The van der Waals surface area contributed by atoms with E-state index < -0.39 is 0 Å². The van der Waals surface area contributed by atoms with Crippen molar-refractivity contribution in [3.05, 3.63) is 200 Å². The van der Waals surface area contributed by atoms with E-state index in [-0.39, 0.29) is 0 Å². The summed E-state index contributed by atoms with van der Waals surface area (Å²) in [5.41, 5.74) is 15.5. The number of nitrogens with zero attached hydrogens (tertiary/aromatic N) is 3. The first-order valence-electron chi connectivity index (χ1n) is 18.9. The van der Waals surface area contributed by atoms with Crippen molar-refractivity contribution < 1.29 is 4.42 Å². The molecule has 8 aromatic carbocycles. The Morgan fingerprint density at radius 3 is 1.52 bits per heavy atom. The molecular weight excluding hydrogens is 683 g/mol. The number of furan rings is 1. The van der Waals surface area contributed by atoms with Crippen LogP contribution >= 0.6 is 0 Å². The van der Waals surface area contributed by atoms with E-state index in [9.17, 15) is 0 Å². The van der Waals surface area contributed by atoms with Gasteiger partial charge < -0.3 is 8.98 Å². The molecule has 0 N–H and O–H groups in total. The molecule has 0 atom stereocenters. The van der Waals surface area contributed by atoms with Crippen LogP contribution in [0.15, 0.2) is 205 Å². The van der Waals surface area contributed by atoms with E-state index in [1.165, 1.54) is 38.5 Å². The van der Waals surface area contributed by atoms with E-state index in [1.807, 2.05) is 36.4 Å². The summed E-state index contributed by atoms with van der Waals surface area (Å²) >= 11 is 0. The predicted molar refractivity (Wildman–Crippen MR) is 231 cm³/mol. The Labute approximate surface area is 323 Å². The highest BCUT2D eigenvalue weighted by Crippen LogP contribution is 2.39. The minimum Gasteiger partial charge on any atom is -0.452 e. The van der Waals surface area contributed by atoms with Crippen molar-refractivity contribution in [2.45, 2.75) is 0 Å². The zero-order valence-electron chi connectivity index (χ0n) is 30.3. The number of hydrogen-bond donors (Lipinski definition) is 0. The van der Waals surface area contributed by atoms with E-state index >= 15 is 0 Å². The standard InChI is InChI=1S/C52H33N3O/c1-4-14-34(15-5-1)39-26-28-46-44(32-39)45-33-40(27-29-47(45)55(46)42-22-8-3-9-23-42)37-19-12-18-36(30-37)38-20-13-21-41(31-38)52-53-49(35-16-6-2-7-17-35)51-50(54-52)43-24-10-11-25-48(43)56-51/h1-33H. The van der Waals surface area contributed by atoms with Gasteiger partial charge in [-0.25, -0.2) is 9.97 Å². The summed E-state index contributed by atoms with van der Waals surface area (Å²) in [5.74, 6) is 0.663. The van der Waals surface area contributed by atoms with Crippen LogP contribution in [0.3, 0.4) is 0 Å². The van der Waals surface area contributed by atoms with Gasteiger partial charge >= 0.3 is 0 Å². The first-order valence-corrected chi connectivity index (χ1v) is 18.9. The van der Waals surface area contributed by atoms with Crippen LogP contribution in [0.1, 0.15) is 0 Å². The monoisotopic (exact) mass is 715 g/mol. The molecule has 0 unspecified atom stereocenters. The van der Waals surface area contributed by atoms with Gasteiger partial charge in [0, 0.05) is 33.0 Å². The van der Waals surface area contributed by atoms with Gasteiger partial charge in [-0.3, -0.25) is 0 Å². The van der Waals surface area contributed by atoms with Gasteiger partial charge in [0.1, 0.15) is 16.8 Å². The molecule has 3 heterocycles. The molecule has 11 aromatic rings. The maximum atomic E-state index is 6.35. The summed E-state index contributed by atoms with van der Waals surface area (Å²) in [5, 5.41) is 3.43. The van der Waals surface area contributed by atoms with Crippen LogP contribution < -0.4 is 0 Å². The minimum atomic E-state index is 0.663. The molecule has 0 saturated heterocycles. The smallest absolute Gasteiger partial charge is 0.180 e. The van der Waals surface area contributed by atoms with Crippen molar-refractivity contribution >= 4 is 43.9 Å². The molecule has 0 aliphatic rings. The van der Waals surface area contributed by atoms with Crippen LogP contribution in [0, 0.1) is 0 Å². The summed E-state index contributed by atoms with van der Waals surface area (Å²) in [7, 11) is 0. The molecule has 56 heavy (non-hydrogen) atoms. The zero-order chi connectivity index (χ0) is 37.0. The molecule has 3 aromatic heterocycles. The SMILES string of the molecule is c1ccc(-c2ccc3c(c2)c2cc(-c4cccc(-c5cccc(-c6nc(-c7ccccc7)c7oc8ccccc8c7n6)c5)c4)ccc2n3-c2ccccc2)cc1. The normalized spacial score (nSPS) is 11.6. The fourth-order valence-corrected chi connectivity index (χ4v) is 8.10. The van der Waals surface area contributed by atoms with Crippen LogP contribution in [-0.4, -0.2) is 14.5 Å². The number of hydrogen-bond acceptors (Lipinski definition) is 3. The summed E-state index contributed by atoms with van der Waals surface area (Å²) in [6.45, 7) is 0. The zero-order valence-corrected chi connectivity index (χ0v) is 30.3. The number of para-hydroxylation sites is 2. The van der Waals surface area contributed by atoms with Crippen LogP contribution in [0.25, 0.3) is 106 Å². The molecule has 4 nitrogen and oxygen atoms in total. The van der Waals surface area contributed by atoms with E-state index in [2.05, 4.69) is 168 Å². The number of rotatable bonds is 6. The Kier molecular flexibility index (Phi) is 7.46. The second-order valence-corrected chi connectivity index (χ2v) is 14.2. The molecule has 262 valence electrons. The molecule has 0 aliphatic carbocycles. The quantitative estimate of drug-likeness (QED) is 0.172. The topological polar surface area (TPSA) is 43.9 Å². The fourth-order valence-electron chi connectivity index (χ4n) is 8.10. The van der Waals surface area contributed by atoms with Crippen molar-refractivity contribution in [1.82, 2.24) is 14.5 Å². The van der Waals surface area contributed by atoms with Crippen molar-refractivity contribution in [1.29, 1.82) is 0 Å². The number of fused-ring (bicyclic) bond motifs is 6. The van der Waals surface area contributed by atoms with Gasteiger partial charge in [0.05, 0.1) is 11.0 Å². The molecule has 0 radical (unpaired) electrons. The van der Waals surface area contributed by atoms with Crippen LogP contribution in [-0.2, 0) is 0 Å². The molecule has 0 saturated carbocycles. The number of benzene rings is 8. The van der Waals surface area contributed by atoms with Crippen molar-refractivity contribution in [3.8, 4) is 61.7 Å². The van der Waals surface area contributed by atoms with Gasteiger partial charge in [-0.1, -0.05) is 140 Å². The van der Waals surface area contributed by atoms with E-state index in [0.717, 1.165) is 55.7 Å². The Hall–Kier alpha value is -7.56. The molecule has 0 amide bonds. The maximum Gasteiger partial charge on any atom is 0.180 e. The van der Waals surface area contributed by atoms with Crippen molar-refractivity contribution in [3.63, 3.8) is 0 Å². The van der Waals surface area contributed by atoms with E-state index in [0.29, 0.717) is 11.4 Å². The van der Waals surface area contributed by atoms with Crippen molar-refractivity contribution in [2.75, 3.05) is 0 Å². The third-order valence-corrected chi connectivity index (χ3v) is 10.8. The Morgan fingerprint density at radius 1 is 0.357 bits per heavy atom. The lowest BCUT2D eigenvalue weighted by atomic mass is 9.96. The second kappa shape index (κ2) is 13.1. The van der Waals surface area contributed by atoms with Crippen molar-refractivity contribution in [2.24, 2.45) is 0 Å². The summed E-state index contributed by atoms with van der Waals surface area (Å²) in [6, 6.07) is 70.6. The van der Waals surface area contributed by atoms with Gasteiger partial charge in [-0.05, 0) is 94.0 Å². The van der Waals surface area contributed by atoms with Gasteiger partial charge in [-0.15, -0.1) is 0 Å². The first kappa shape index (κ1) is 31.9. The lowest BCUT2D eigenvalue weighted by Crippen LogP contribution is -1.94. The fraction of sp³-hybridized carbons (Fsp3) is 0. The lowest BCUT2D eigenvalue weighted by molar-refractivity contribution is 0.667. The Balaban J connectivity index is 1.02. The first-order chi connectivity index (χ1) is 27.7. The molecule has 0 fully saturated rings. The third-order valence-electron chi connectivity index (χ3n) is 10.8. The van der Waals surface area contributed by atoms with Crippen LogP contribution in [0.2, 0.25) is 0 Å². The number of aromatic nitrogens is 3. The molecule has 0 spiro atoms. The molecule has 0 bridgehead atoms. The summed E-state index contributed by atoms with van der Waals surface area (Å²) in [6.07, 6.45) is 0. The minimum absolute atomic E-state index is 0.663. The molecular formula is C52H33N3O. The Morgan fingerprint density at radius 2 is 0.857 bits per heavy atom. The second-order valence-electron chi connectivity index (χ2n) is 14.2. The molecule has 11 rings (SSSR count). The van der Waals surface area contributed by atoms with Crippen LogP contribution in [0.5, 0.6) is 0 Å². The third kappa shape index (κ3) is 5.39. The van der Waals surface area contributed by atoms with Gasteiger partial charge in [0.2, 0.25) is 0 Å². The van der Waals surface area contributed by atoms with E-state index in [4.69, 9.17) is 14.4 Å². The highest BCUT2D eigenvalue weighted by atomic mass is 16.3.